The minimum Gasteiger partial charge on any atom is -0.487 e. The van der Waals surface area contributed by atoms with Gasteiger partial charge in [-0.05, 0) is 80.8 Å². The zero-order valence-corrected chi connectivity index (χ0v) is 32.0. The van der Waals surface area contributed by atoms with Gasteiger partial charge in [0.25, 0.3) is 0 Å². The van der Waals surface area contributed by atoms with Gasteiger partial charge >= 0.3 is 12.1 Å². The van der Waals surface area contributed by atoms with Gasteiger partial charge in [-0.1, -0.05) is 88.1 Å². The van der Waals surface area contributed by atoms with Gasteiger partial charge in [0.05, 0.1) is 26.3 Å². The van der Waals surface area contributed by atoms with Crippen molar-refractivity contribution in [3.8, 4) is 22.6 Å². The number of aryl methyl sites for hydroxylation is 1. The number of likely N-dealkylation sites (N-methyl/N-ethyl adjacent to an activating group) is 1. The highest BCUT2D eigenvalue weighted by Gasteiger charge is 2.23. The number of likely N-dealkylation sites (tertiary alicyclic amines) is 1. The number of anilines is 1. The summed E-state index contributed by atoms with van der Waals surface area (Å²) in [6, 6.07) is 21.9. The molecule has 0 radical (unpaired) electrons. The Morgan fingerprint density at radius 1 is 0.843 bits per heavy atom. The van der Waals surface area contributed by atoms with Crippen molar-refractivity contribution < 1.29 is 28.3 Å². The first kappa shape index (κ1) is 39.9. The summed E-state index contributed by atoms with van der Waals surface area (Å²) in [5, 5.41) is 2.97. The van der Waals surface area contributed by atoms with Crippen LogP contribution in [0.25, 0.3) is 11.1 Å². The lowest BCUT2D eigenvalue weighted by molar-refractivity contribution is -0.890. The maximum atomic E-state index is 12.7. The van der Waals surface area contributed by atoms with Gasteiger partial charge in [0.2, 0.25) is 0 Å². The molecular weight excluding hydrogens is 638 g/mol. The Balaban J connectivity index is 1.02. The summed E-state index contributed by atoms with van der Waals surface area (Å²) in [6.45, 7) is 13.5. The van der Waals surface area contributed by atoms with Gasteiger partial charge < -0.3 is 23.6 Å². The Hall–Kier alpha value is -3.88. The van der Waals surface area contributed by atoms with Gasteiger partial charge in [-0.25, -0.2) is 4.79 Å². The van der Waals surface area contributed by atoms with Crippen LogP contribution in [0.1, 0.15) is 95.6 Å². The van der Waals surface area contributed by atoms with E-state index in [2.05, 4.69) is 38.2 Å². The van der Waals surface area contributed by atoms with E-state index in [1.165, 1.54) is 51.9 Å². The molecule has 0 unspecified atom stereocenters. The van der Waals surface area contributed by atoms with Crippen molar-refractivity contribution in [2.45, 2.75) is 97.5 Å². The summed E-state index contributed by atoms with van der Waals surface area (Å²) in [4.78, 5) is 26.7. The van der Waals surface area contributed by atoms with Gasteiger partial charge in [-0.2, -0.15) is 0 Å². The van der Waals surface area contributed by atoms with Crippen molar-refractivity contribution >= 4 is 17.7 Å². The molecule has 0 atom stereocenters. The predicted molar refractivity (Wildman–Crippen MR) is 208 cm³/mol. The Morgan fingerprint density at radius 2 is 1.49 bits per heavy atom. The van der Waals surface area contributed by atoms with Crippen LogP contribution in [-0.2, 0) is 9.53 Å². The number of amides is 1. The van der Waals surface area contributed by atoms with E-state index in [9.17, 15) is 9.59 Å². The summed E-state index contributed by atoms with van der Waals surface area (Å²) in [6.07, 6.45) is 10.3. The Kier molecular flexibility index (Phi) is 15.8. The summed E-state index contributed by atoms with van der Waals surface area (Å²) >= 11 is 0. The molecule has 1 aliphatic rings. The minimum atomic E-state index is -0.370. The van der Waals surface area contributed by atoms with Gasteiger partial charge in [-0.3, -0.25) is 10.1 Å². The molecule has 1 N–H and O–H groups in total. The average Bonchev–Trinajstić information content (AvgIpc) is 3.09. The molecule has 0 aliphatic carbocycles. The largest absolute Gasteiger partial charge is 0.487 e. The highest BCUT2D eigenvalue weighted by atomic mass is 16.6. The molecule has 1 aliphatic heterocycles. The monoisotopic (exact) mass is 700 g/mol. The molecule has 1 fully saturated rings. The summed E-state index contributed by atoms with van der Waals surface area (Å²) in [5.74, 6) is 1.47. The highest BCUT2D eigenvalue weighted by Crippen LogP contribution is 2.34. The first-order valence-electron chi connectivity index (χ1n) is 19.1. The van der Waals surface area contributed by atoms with Crippen LogP contribution in [0, 0.1) is 6.92 Å². The molecule has 3 aromatic rings. The van der Waals surface area contributed by atoms with Crippen molar-refractivity contribution in [3.05, 3.63) is 77.9 Å². The number of rotatable bonds is 19. The first-order chi connectivity index (χ1) is 24.5. The van der Waals surface area contributed by atoms with Crippen molar-refractivity contribution in [3.63, 3.8) is 0 Å². The van der Waals surface area contributed by atoms with Crippen molar-refractivity contribution in [2.24, 2.45) is 0 Å². The SMILES string of the molecule is CC(=O)Oc1cc(C(C)C)c(OCC[N+](C)(C)CCCCCCCCCN2CCC(OC(=O)Nc3ccccc3-c3ccccc3)CC2)cc1C. The lowest BCUT2D eigenvalue weighted by Crippen LogP contribution is -2.43. The van der Waals surface area contributed by atoms with Crippen molar-refractivity contribution in [1.29, 1.82) is 0 Å². The fraction of sp³-hybridized carbons (Fsp3) is 0.535. The number of nitrogens with zero attached hydrogens (tertiary/aromatic N) is 2. The molecule has 4 rings (SSSR count). The van der Waals surface area contributed by atoms with E-state index in [-0.39, 0.29) is 24.1 Å². The van der Waals surface area contributed by atoms with Crippen molar-refractivity contribution in [1.82, 2.24) is 4.90 Å². The molecule has 3 aromatic carbocycles. The molecule has 0 bridgehead atoms. The smallest absolute Gasteiger partial charge is 0.411 e. The van der Waals surface area contributed by atoms with Crippen LogP contribution >= 0.6 is 0 Å². The quantitative estimate of drug-likeness (QED) is 0.0581. The van der Waals surface area contributed by atoms with Crippen LogP contribution in [0.5, 0.6) is 11.5 Å². The second-order valence-electron chi connectivity index (χ2n) is 15.1. The molecule has 1 heterocycles. The molecule has 1 saturated heterocycles. The maximum absolute atomic E-state index is 12.7. The van der Waals surface area contributed by atoms with E-state index < -0.39 is 0 Å². The predicted octanol–water partition coefficient (Wildman–Crippen LogP) is 9.61. The van der Waals surface area contributed by atoms with Gasteiger partial charge in [0.1, 0.15) is 30.8 Å². The highest BCUT2D eigenvalue weighted by molar-refractivity contribution is 5.91. The Bertz CT molecular complexity index is 1520. The third kappa shape index (κ3) is 13.6. The molecule has 0 spiro atoms. The second-order valence-corrected chi connectivity index (χ2v) is 15.1. The van der Waals surface area contributed by atoms with E-state index in [0.29, 0.717) is 12.4 Å². The third-order valence-corrected chi connectivity index (χ3v) is 9.93. The Morgan fingerprint density at radius 3 is 2.18 bits per heavy atom. The molecular formula is C43H62N3O5+. The lowest BCUT2D eigenvalue weighted by Gasteiger charge is -2.31. The normalized spacial score (nSPS) is 14.0. The first-order valence-corrected chi connectivity index (χ1v) is 19.1. The fourth-order valence-corrected chi connectivity index (χ4v) is 6.80. The third-order valence-electron chi connectivity index (χ3n) is 9.93. The maximum Gasteiger partial charge on any atom is 0.411 e. The zero-order chi connectivity index (χ0) is 36.6. The second kappa shape index (κ2) is 20.2. The van der Waals surface area contributed by atoms with Crippen LogP contribution in [-0.4, -0.2) is 81.0 Å². The Labute approximate surface area is 307 Å². The number of quaternary nitrogens is 1. The number of para-hydroxylation sites is 1. The number of hydrogen-bond acceptors (Lipinski definition) is 6. The van der Waals surface area contributed by atoms with Crippen LogP contribution in [0.3, 0.4) is 0 Å². The van der Waals surface area contributed by atoms with Crippen molar-refractivity contribution in [2.75, 3.05) is 58.7 Å². The topological polar surface area (TPSA) is 77.1 Å². The molecule has 0 aromatic heterocycles. The van der Waals surface area contributed by atoms with Gasteiger partial charge in [-0.15, -0.1) is 0 Å². The van der Waals surface area contributed by atoms with E-state index in [1.807, 2.05) is 73.7 Å². The number of esters is 1. The number of hydrogen-bond donors (Lipinski definition) is 1. The van der Waals surface area contributed by atoms with Gasteiger partial charge in [0, 0.05) is 31.1 Å². The molecule has 51 heavy (non-hydrogen) atoms. The fourth-order valence-electron chi connectivity index (χ4n) is 6.80. The summed E-state index contributed by atoms with van der Waals surface area (Å²) < 4.78 is 18.4. The molecule has 8 nitrogen and oxygen atoms in total. The number of benzene rings is 3. The summed E-state index contributed by atoms with van der Waals surface area (Å²) in [7, 11) is 4.58. The minimum absolute atomic E-state index is 0.0319. The van der Waals surface area contributed by atoms with Gasteiger partial charge in [0.15, 0.2) is 0 Å². The average molecular weight is 701 g/mol. The number of carbonyl (C=O) groups is 2. The molecule has 278 valence electrons. The standard InChI is InChI=1S/C43H61N3O5/c1-33(2)39-32-41(50-35(4)47)34(3)31-42(39)49-30-29-46(5,6)28-18-11-9-7-8-10-17-25-45-26-23-37(24-27-45)51-43(48)44-40-22-16-15-21-38(40)36-19-13-12-14-20-36/h12-16,19-22,31-33,37H,7-11,17-18,23-30H2,1-6H3/p+1. The number of piperidine rings is 1. The van der Waals surface area contributed by atoms with Crippen LogP contribution in [0.4, 0.5) is 10.5 Å². The van der Waals surface area contributed by atoms with Crippen LogP contribution in [0.15, 0.2) is 66.7 Å². The number of ether oxygens (including phenoxy) is 3. The van der Waals surface area contributed by atoms with E-state index in [4.69, 9.17) is 14.2 Å². The number of unbranched alkanes of at least 4 members (excludes halogenated alkanes) is 6. The lowest BCUT2D eigenvalue weighted by atomic mass is 10.00. The van der Waals surface area contributed by atoms with E-state index in [0.717, 1.165) is 83.7 Å². The number of nitrogens with one attached hydrogen (secondary N) is 1. The summed E-state index contributed by atoms with van der Waals surface area (Å²) in [5.41, 5.74) is 4.81. The zero-order valence-electron chi connectivity index (χ0n) is 32.0. The van der Waals surface area contributed by atoms with E-state index in [1.54, 1.807) is 0 Å². The molecule has 8 heteroatoms. The molecule has 0 saturated carbocycles. The number of carbonyl (C=O) groups excluding carboxylic acids is 2. The van der Waals surface area contributed by atoms with Crippen LogP contribution < -0.4 is 14.8 Å². The van der Waals surface area contributed by atoms with E-state index >= 15 is 0 Å². The molecule has 1 amide bonds. The van der Waals surface area contributed by atoms with Crippen LogP contribution in [0.2, 0.25) is 0 Å².